The zero-order valence-corrected chi connectivity index (χ0v) is 13.1. The summed E-state index contributed by atoms with van der Waals surface area (Å²) in [6.07, 6.45) is 0. The van der Waals surface area contributed by atoms with Gasteiger partial charge in [-0.05, 0) is 48.1 Å². The highest BCUT2D eigenvalue weighted by Gasteiger charge is 2.23. The van der Waals surface area contributed by atoms with E-state index in [1.807, 2.05) is 12.1 Å². The van der Waals surface area contributed by atoms with Crippen LogP contribution in [0.1, 0.15) is 12.5 Å². The van der Waals surface area contributed by atoms with Gasteiger partial charge in [-0.1, -0.05) is 12.2 Å². The van der Waals surface area contributed by atoms with Gasteiger partial charge in [0, 0.05) is 35.7 Å². The smallest absolute Gasteiger partial charge is 0.104 e. The molecule has 5 heteroatoms. The maximum absolute atomic E-state index is 5.65. The topological polar surface area (TPSA) is 32.5 Å². The molecule has 3 nitrogen and oxygen atoms in total. The summed E-state index contributed by atoms with van der Waals surface area (Å²) in [5.74, 6) is 0. The number of piperazine rings is 1. The predicted molar refractivity (Wildman–Crippen MR) is 84.3 cm³/mol. The first-order valence-electron chi connectivity index (χ1n) is 6.03. The van der Waals surface area contributed by atoms with Crippen molar-refractivity contribution < 1.29 is 0 Å². The van der Waals surface area contributed by atoms with Gasteiger partial charge in [0.2, 0.25) is 0 Å². The molecule has 1 aromatic carbocycles. The summed E-state index contributed by atoms with van der Waals surface area (Å²) in [4.78, 5) is 5.22. The third kappa shape index (κ3) is 2.84. The molecule has 0 radical (unpaired) electrons. The van der Waals surface area contributed by atoms with Crippen molar-refractivity contribution in [1.29, 1.82) is 0 Å². The first-order chi connectivity index (χ1) is 8.49. The molecule has 1 aromatic rings. The van der Waals surface area contributed by atoms with E-state index in [9.17, 15) is 0 Å². The molecule has 0 spiro atoms. The third-order valence-corrected chi connectivity index (χ3v) is 4.24. The van der Waals surface area contributed by atoms with Crippen LogP contribution in [-0.4, -0.2) is 42.6 Å². The molecule has 1 aliphatic heterocycles. The van der Waals surface area contributed by atoms with Crippen molar-refractivity contribution in [3.05, 3.63) is 28.2 Å². The van der Waals surface area contributed by atoms with E-state index in [2.05, 4.69) is 45.8 Å². The van der Waals surface area contributed by atoms with E-state index in [-0.39, 0.29) is 0 Å². The summed E-state index contributed by atoms with van der Waals surface area (Å²) in [7, 11) is 2.17. The van der Waals surface area contributed by atoms with E-state index in [4.69, 9.17) is 18.0 Å². The normalized spacial score (nSPS) is 21.1. The number of hydrogen-bond acceptors (Lipinski definition) is 3. The molecule has 2 rings (SSSR count). The Balaban J connectivity index is 2.26. The van der Waals surface area contributed by atoms with Crippen molar-refractivity contribution in [3.63, 3.8) is 0 Å². The Kier molecular flexibility index (Phi) is 4.25. The number of halogens is 1. The van der Waals surface area contributed by atoms with E-state index in [0.717, 1.165) is 29.7 Å². The molecule has 1 heterocycles. The number of anilines is 1. The highest BCUT2D eigenvalue weighted by atomic mass is 79.9. The van der Waals surface area contributed by atoms with Crippen LogP contribution in [0, 0.1) is 0 Å². The van der Waals surface area contributed by atoms with Gasteiger partial charge in [0.15, 0.2) is 0 Å². The molecule has 1 atom stereocenters. The Morgan fingerprint density at radius 3 is 2.72 bits per heavy atom. The van der Waals surface area contributed by atoms with E-state index < -0.39 is 0 Å². The van der Waals surface area contributed by atoms with Crippen molar-refractivity contribution >= 4 is 38.8 Å². The van der Waals surface area contributed by atoms with Gasteiger partial charge in [-0.25, -0.2) is 0 Å². The van der Waals surface area contributed by atoms with Gasteiger partial charge in [-0.3, -0.25) is 0 Å². The van der Waals surface area contributed by atoms with Crippen LogP contribution in [0.5, 0.6) is 0 Å². The Hall–Kier alpha value is -0.650. The molecule has 0 saturated carbocycles. The highest BCUT2D eigenvalue weighted by molar-refractivity contribution is 9.10. The minimum absolute atomic E-state index is 0.439. The lowest BCUT2D eigenvalue weighted by Gasteiger charge is -2.40. The Morgan fingerprint density at radius 1 is 1.44 bits per heavy atom. The second kappa shape index (κ2) is 5.55. The van der Waals surface area contributed by atoms with Gasteiger partial charge >= 0.3 is 0 Å². The number of likely N-dealkylation sites (N-methyl/N-ethyl adjacent to an activating group) is 1. The van der Waals surface area contributed by atoms with Gasteiger partial charge in [0.05, 0.1) is 5.69 Å². The Bertz CT molecular complexity index is 464. The largest absolute Gasteiger partial charge is 0.389 e. The van der Waals surface area contributed by atoms with Crippen molar-refractivity contribution in [2.75, 3.05) is 31.6 Å². The molecular weight excluding hydrogens is 310 g/mol. The van der Waals surface area contributed by atoms with Gasteiger partial charge < -0.3 is 15.5 Å². The van der Waals surface area contributed by atoms with Crippen molar-refractivity contribution in [2.45, 2.75) is 13.0 Å². The lowest BCUT2D eigenvalue weighted by Crippen LogP contribution is -2.50. The number of rotatable bonds is 2. The zero-order chi connectivity index (χ0) is 13.3. The minimum atomic E-state index is 0.439. The molecule has 0 bridgehead atoms. The molecular formula is C13H18BrN3S. The number of thiocarbonyl (C=S) groups is 1. The lowest BCUT2D eigenvalue weighted by atomic mass is 10.1. The van der Waals surface area contributed by atoms with Crippen LogP contribution in [0.4, 0.5) is 5.69 Å². The summed E-state index contributed by atoms with van der Waals surface area (Å²) in [5, 5.41) is 0. The first kappa shape index (κ1) is 13.8. The summed E-state index contributed by atoms with van der Waals surface area (Å²) in [5.41, 5.74) is 7.77. The van der Waals surface area contributed by atoms with E-state index in [0.29, 0.717) is 11.0 Å². The summed E-state index contributed by atoms with van der Waals surface area (Å²) < 4.78 is 1.06. The molecule has 98 valence electrons. The Labute approximate surface area is 122 Å². The fraction of sp³-hybridized carbons (Fsp3) is 0.462. The number of nitrogens with two attached hydrogens (primary N) is 1. The molecule has 1 aliphatic rings. The quantitative estimate of drug-likeness (QED) is 0.844. The second-order valence-corrected chi connectivity index (χ2v) is 6.13. The van der Waals surface area contributed by atoms with Gasteiger partial charge in [0.25, 0.3) is 0 Å². The Morgan fingerprint density at radius 2 is 2.17 bits per heavy atom. The number of benzene rings is 1. The van der Waals surface area contributed by atoms with Crippen LogP contribution in [0.2, 0.25) is 0 Å². The molecule has 1 fully saturated rings. The number of nitrogens with zero attached hydrogens (tertiary/aromatic N) is 2. The zero-order valence-electron chi connectivity index (χ0n) is 10.7. The van der Waals surface area contributed by atoms with Crippen LogP contribution in [0.15, 0.2) is 22.7 Å². The maximum Gasteiger partial charge on any atom is 0.104 e. The number of hydrogen-bond donors (Lipinski definition) is 1. The predicted octanol–water partition coefficient (Wildman–Crippen LogP) is 2.22. The molecule has 1 saturated heterocycles. The maximum atomic E-state index is 5.65. The SMILES string of the molecule is CC1CN(C)CCN1c1ccc(C(N)=S)cc1Br. The van der Waals surface area contributed by atoms with E-state index in [1.54, 1.807) is 0 Å². The fourth-order valence-corrected chi connectivity index (χ4v) is 3.12. The molecule has 0 aromatic heterocycles. The second-order valence-electron chi connectivity index (χ2n) is 4.84. The third-order valence-electron chi connectivity index (χ3n) is 3.37. The average Bonchev–Trinajstić information content (AvgIpc) is 2.30. The van der Waals surface area contributed by atoms with E-state index in [1.165, 1.54) is 5.69 Å². The van der Waals surface area contributed by atoms with Crippen molar-refractivity contribution in [2.24, 2.45) is 5.73 Å². The molecule has 0 aliphatic carbocycles. The monoisotopic (exact) mass is 327 g/mol. The van der Waals surface area contributed by atoms with Crippen molar-refractivity contribution in [3.8, 4) is 0 Å². The fourth-order valence-electron chi connectivity index (χ4n) is 2.39. The lowest BCUT2D eigenvalue weighted by molar-refractivity contribution is 0.275. The molecule has 0 amide bonds. The minimum Gasteiger partial charge on any atom is -0.389 e. The van der Waals surface area contributed by atoms with Gasteiger partial charge in [-0.2, -0.15) is 0 Å². The van der Waals surface area contributed by atoms with Crippen molar-refractivity contribution in [1.82, 2.24) is 4.90 Å². The molecule has 2 N–H and O–H groups in total. The van der Waals surface area contributed by atoms with Crippen LogP contribution in [-0.2, 0) is 0 Å². The summed E-state index contributed by atoms with van der Waals surface area (Å²) in [6, 6.07) is 6.60. The standard InChI is InChI=1S/C13H18BrN3S/c1-9-8-16(2)5-6-17(9)12-4-3-10(13(15)18)7-11(12)14/h3-4,7,9H,5-6,8H2,1-2H3,(H2,15,18). The van der Waals surface area contributed by atoms with Crippen LogP contribution in [0.25, 0.3) is 0 Å². The van der Waals surface area contributed by atoms with Gasteiger partial charge in [0.1, 0.15) is 4.99 Å². The molecule has 1 unspecified atom stereocenters. The summed E-state index contributed by atoms with van der Waals surface area (Å²) in [6.45, 7) is 5.48. The van der Waals surface area contributed by atoms with Crippen LogP contribution >= 0.6 is 28.1 Å². The average molecular weight is 328 g/mol. The first-order valence-corrected chi connectivity index (χ1v) is 7.23. The van der Waals surface area contributed by atoms with Gasteiger partial charge in [-0.15, -0.1) is 0 Å². The van der Waals surface area contributed by atoms with Crippen LogP contribution < -0.4 is 10.6 Å². The highest BCUT2D eigenvalue weighted by Crippen LogP contribution is 2.30. The molecule has 18 heavy (non-hydrogen) atoms. The van der Waals surface area contributed by atoms with E-state index >= 15 is 0 Å². The van der Waals surface area contributed by atoms with Crippen LogP contribution in [0.3, 0.4) is 0 Å². The summed E-state index contributed by atoms with van der Waals surface area (Å²) >= 11 is 8.62.